The predicted molar refractivity (Wildman–Crippen MR) is 137 cm³/mol. The molecule has 35 heavy (non-hydrogen) atoms. The highest BCUT2D eigenvalue weighted by Gasteiger charge is 2.24. The molecule has 0 aromatic heterocycles. The van der Waals surface area contributed by atoms with Gasteiger partial charge in [-0.05, 0) is 47.9 Å². The SMILES string of the molecule is COc1ccc(S(=O)(=O)NC(c2ccccc2)c2ccccc2)cc1NC(=O)c1ccccc1C. The van der Waals surface area contributed by atoms with Crippen molar-refractivity contribution in [1.82, 2.24) is 4.72 Å². The highest BCUT2D eigenvalue weighted by Crippen LogP contribution is 2.30. The van der Waals surface area contributed by atoms with E-state index in [4.69, 9.17) is 4.74 Å². The molecule has 0 bridgehead atoms. The number of hydrogen-bond donors (Lipinski definition) is 2. The van der Waals surface area contributed by atoms with E-state index in [-0.39, 0.29) is 16.5 Å². The zero-order valence-corrected chi connectivity index (χ0v) is 20.3. The maximum atomic E-state index is 13.5. The Balaban J connectivity index is 1.68. The van der Waals surface area contributed by atoms with Crippen LogP contribution in [-0.4, -0.2) is 21.4 Å². The predicted octanol–water partition coefficient (Wildman–Crippen LogP) is 5.32. The van der Waals surface area contributed by atoms with Gasteiger partial charge >= 0.3 is 0 Å². The number of anilines is 1. The molecule has 0 aliphatic heterocycles. The second kappa shape index (κ2) is 10.5. The molecule has 0 unspecified atom stereocenters. The van der Waals surface area contributed by atoms with Crippen molar-refractivity contribution in [3.05, 3.63) is 125 Å². The average Bonchev–Trinajstić information content (AvgIpc) is 2.88. The Morgan fingerprint density at radius 1 is 0.800 bits per heavy atom. The number of hydrogen-bond acceptors (Lipinski definition) is 4. The van der Waals surface area contributed by atoms with Crippen LogP contribution < -0.4 is 14.8 Å². The molecule has 4 aromatic rings. The quantitative estimate of drug-likeness (QED) is 0.353. The first-order chi connectivity index (χ1) is 16.9. The van der Waals surface area contributed by atoms with E-state index in [2.05, 4.69) is 10.0 Å². The van der Waals surface area contributed by atoms with Crippen LogP contribution >= 0.6 is 0 Å². The maximum absolute atomic E-state index is 13.5. The van der Waals surface area contributed by atoms with Crippen molar-refractivity contribution in [1.29, 1.82) is 0 Å². The van der Waals surface area contributed by atoms with Crippen molar-refractivity contribution in [3.63, 3.8) is 0 Å². The highest BCUT2D eigenvalue weighted by atomic mass is 32.2. The first-order valence-corrected chi connectivity index (χ1v) is 12.5. The van der Waals surface area contributed by atoms with Gasteiger partial charge in [-0.1, -0.05) is 78.9 Å². The molecule has 0 spiro atoms. The van der Waals surface area contributed by atoms with Crippen LogP contribution in [0.15, 0.2) is 108 Å². The number of ether oxygens (including phenoxy) is 1. The lowest BCUT2D eigenvalue weighted by molar-refractivity contribution is 0.102. The van der Waals surface area contributed by atoms with Gasteiger partial charge in [-0.25, -0.2) is 8.42 Å². The van der Waals surface area contributed by atoms with Gasteiger partial charge in [0.05, 0.1) is 23.7 Å². The number of sulfonamides is 1. The first-order valence-electron chi connectivity index (χ1n) is 11.1. The molecule has 1 amide bonds. The number of nitrogens with one attached hydrogen (secondary N) is 2. The van der Waals surface area contributed by atoms with Crippen LogP contribution in [0.1, 0.15) is 33.1 Å². The smallest absolute Gasteiger partial charge is 0.256 e. The van der Waals surface area contributed by atoms with E-state index in [1.807, 2.05) is 79.7 Å². The summed E-state index contributed by atoms with van der Waals surface area (Å²) in [5.41, 5.74) is 3.18. The molecule has 0 saturated carbocycles. The van der Waals surface area contributed by atoms with Gasteiger partial charge in [-0.2, -0.15) is 4.72 Å². The summed E-state index contributed by atoms with van der Waals surface area (Å²) in [7, 11) is -2.50. The van der Waals surface area contributed by atoms with Crippen molar-refractivity contribution in [2.45, 2.75) is 17.9 Å². The monoisotopic (exact) mass is 486 g/mol. The molecular formula is C28H26N2O4S. The van der Waals surface area contributed by atoms with Crippen molar-refractivity contribution >= 4 is 21.6 Å². The van der Waals surface area contributed by atoms with Crippen LogP contribution in [-0.2, 0) is 10.0 Å². The molecule has 0 fully saturated rings. The molecule has 0 aliphatic rings. The number of rotatable bonds is 8. The molecule has 7 heteroatoms. The zero-order chi connectivity index (χ0) is 24.8. The largest absolute Gasteiger partial charge is 0.495 e. The number of amides is 1. The number of benzene rings is 4. The minimum Gasteiger partial charge on any atom is -0.495 e. The lowest BCUT2D eigenvalue weighted by atomic mass is 10.00. The van der Waals surface area contributed by atoms with Gasteiger partial charge in [0.25, 0.3) is 5.91 Å². The number of carbonyl (C=O) groups excluding carboxylic acids is 1. The molecule has 0 heterocycles. The number of methoxy groups -OCH3 is 1. The van der Waals surface area contributed by atoms with Crippen molar-refractivity contribution < 1.29 is 17.9 Å². The molecule has 0 radical (unpaired) electrons. The lowest BCUT2D eigenvalue weighted by Crippen LogP contribution is -2.29. The molecule has 0 aliphatic carbocycles. The Labute approximate surface area is 205 Å². The second-order valence-electron chi connectivity index (χ2n) is 8.01. The van der Waals surface area contributed by atoms with Crippen molar-refractivity contribution in [2.24, 2.45) is 0 Å². The first kappa shape index (κ1) is 24.2. The van der Waals surface area contributed by atoms with Crippen LogP contribution in [0.25, 0.3) is 0 Å². The Hall–Kier alpha value is -3.94. The number of carbonyl (C=O) groups is 1. The van der Waals surface area contributed by atoms with E-state index in [9.17, 15) is 13.2 Å². The summed E-state index contributed by atoms with van der Waals surface area (Å²) in [6, 6.07) is 29.7. The summed E-state index contributed by atoms with van der Waals surface area (Å²) < 4.78 is 35.2. The fraction of sp³-hybridized carbons (Fsp3) is 0.107. The second-order valence-corrected chi connectivity index (χ2v) is 9.72. The fourth-order valence-corrected chi connectivity index (χ4v) is 5.05. The lowest BCUT2D eigenvalue weighted by Gasteiger charge is -2.20. The molecule has 0 atom stereocenters. The van der Waals surface area contributed by atoms with Crippen LogP contribution in [0, 0.1) is 6.92 Å². The molecule has 178 valence electrons. The minimum atomic E-state index is -3.97. The van der Waals surface area contributed by atoms with Crippen LogP contribution in [0.3, 0.4) is 0 Å². The van der Waals surface area contributed by atoms with Crippen molar-refractivity contribution in [3.8, 4) is 5.75 Å². The third-order valence-electron chi connectivity index (χ3n) is 5.66. The third-order valence-corrected chi connectivity index (χ3v) is 7.08. The van der Waals surface area contributed by atoms with Crippen molar-refractivity contribution in [2.75, 3.05) is 12.4 Å². The molecule has 6 nitrogen and oxygen atoms in total. The van der Waals surface area contributed by atoms with Gasteiger partial charge in [-0.15, -0.1) is 0 Å². The van der Waals surface area contributed by atoms with Gasteiger partial charge < -0.3 is 10.1 Å². The standard InChI is InChI=1S/C28H26N2O4S/c1-20-11-9-10-16-24(20)28(31)29-25-19-23(17-18-26(25)34-2)35(32,33)30-27(21-12-5-3-6-13-21)22-14-7-4-8-15-22/h3-19,27,30H,1-2H3,(H,29,31). The minimum absolute atomic E-state index is 0.00949. The van der Waals surface area contributed by atoms with Gasteiger partial charge in [0.2, 0.25) is 10.0 Å². The van der Waals surface area contributed by atoms with E-state index in [1.54, 1.807) is 12.1 Å². The molecule has 4 aromatic carbocycles. The van der Waals surface area contributed by atoms with Crippen LogP contribution in [0.4, 0.5) is 5.69 Å². The normalized spacial score (nSPS) is 11.3. The van der Waals surface area contributed by atoms with Gasteiger partial charge in [0, 0.05) is 5.56 Å². The highest BCUT2D eigenvalue weighted by molar-refractivity contribution is 7.89. The molecule has 0 saturated heterocycles. The number of aryl methyl sites for hydroxylation is 1. The maximum Gasteiger partial charge on any atom is 0.256 e. The molecular weight excluding hydrogens is 460 g/mol. The third kappa shape index (κ3) is 5.59. The van der Waals surface area contributed by atoms with E-state index >= 15 is 0 Å². The van der Waals surface area contributed by atoms with Gasteiger partial charge in [0.1, 0.15) is 5.75 Å². The van der Waals surface area contributed by atoms with E-state index in [0.29, 0.717) is 11.3 Å². The Kier molecular flexibility index (Phi) is 7.29. The average molecular weight is 487 g/mol. The summed E-state index contributed by atoms with van der Waals surface area (Å²) in [5.74, 6) is 0.00362. The van der Waals surface area contributed by atoms with Crippen LogP contribution in [0.2, 0.25) is 0 Å². The molecule has 2 N–H and O–H groups in total. The van der Waals surface area contributed by atoms with Gasteiger partial charge in [-0.3, -0.25) is 4.79 Å². The Bertz CT molecular complexity index is 1380. The summed E-state index contributed by atoms with van der Waals surface area (Å²) in [5, 5.41) is 2.79. The van der Waals surface area contributed by atoms with E-state index in [1.165, 1.54) is 25.3 Å². The topological polar surface area (TPSA) is 84.5 Å². The molecule has 4 rings (SSSR count). The van der Waals surface area contributed by atoms with E-state index in [0.717, 1.165) is 16.7 Å². The Morgan fingerprint density at radius 2 is 1.37 bits per heavy atom. The van der Waals surface area contributed by atoms with E-state index < -0.39 is 16.1 Å². The zero-order valence-electron chi connectivity index (χ0n) is 19.4. The van der Waals surface area contributed by atoms with Crippen LogP contribution in [0.5, 0.6) is 5.75 Å². The Morgan fingerprint density at radius 3 is 1.94 bits per heavy atom. The fourth-order valence-electron chi connectivity index (χ4n) is 3.81. The summed E-state index contributed by atoms with van der Waals surface area (Å²) in [6.45, 7) is 1.84. The summed E-state index contributed by atoms with van der Waals surface area (Å²) in [4.78, 5) is 12.9. The summed E-state index contributed by atoms with van der Waals surface area (Å²) >= 11 is 0. The van der Waals surface area contributed by atoms with Gasteiger partial charge in [0.15, 0.2) is 0 Å². The summed E-state index contributed by atoms with van der Waals surface area (Å²) in [6.07, 6.45) is 0.